The van der Waals surface area contributed by atoms with Crippen LogP contribution in [0.3, 0.4) is 0 Å². The lowest BCUT2D eigenvalue weighted by atomic mass is 10.1. The van der Waals surface area contributed by atoms with E-state index in [4.69, 9.17) is 0 Å². The Kier molecular flexibility index (Phi) is 4.62. The molecule has 1 atom stereocenters. The Hall–Kier alpha value is -2.27. The van der Waals surface area contributed by atoms with Gasteiger partial charge in [0.25, 0.3) is 0 Å². The molecule has 3 rings (SSSR count). The third-order valence-electron chi connectivity index (χ3n) is 4.22. The van der Waals surface area contributed by atoms with Crippen LogP contribution < -0.4 is 10.2 Å². The van der Waals surface area contributed by atoms with Gasteiger partial charge in [-0.15, -0.1) is 11.8 Å². The number of rotatable bonds is 3. The zero-order valence-corrected chi connectivity index (χ0v) is 14.8. The van der Waals surface area contributed by atoms with Gasteiger partial charge >= 0.3 is 0 Å². The van der Waals surface area contributed by atoms with Gasteiger partial charge in [0.05, 0.1) is 5.75 Å². The maximum atomic E-state index is 12.5. The second-order valence-electron chi connectivity index (χ2n) is 5.95. The quantitative estimate of drug-likeness (QED) is 0.917. The first-order valence-electron chi connectivity index (χ1n) is 7.85. The minimum absolute atomic E-state index is 0.0376. The first kappa shape index (κ1) is 16.6. The fraction of sp³-hybridized carbons (Fsp3) is 0.263. The molecule has 5 heteroatoms. The average Bonchev–Trinajstić information content (AvgIpc) is 2.92. The van der Waals surface area contributed by atoms with Crippen LogP contribution in [0.2, 0.25) is 0 Å². The van der Waals surface area contributed by atoms with Crippen LogP contribution in [0.5, 0.6) is 0 Å². The molecule has 0 saturated carbocycles. The van der Waals surface area contributed by atoms with Crippen LogP contribution in [0.1, 0.15) is 29.0 Å². The van der Waals surface area contributed by atoms with Crippen molar-refractivity contribution in [2.75, 3.05) is 16.0 Å². The number of hydrogen-bond acceptors (Lipinski definition) is 3. The van der Waals surface area contributed by atoms with E-state index in [0.29, 0.717) is 5.75 Å². The van der Waals surface area contributed by atoms with Gasteiger partial charge < -0.3 is 5.32 Å². The van der Waals surface area contributed by atoms with Gasteiger partial charge in [-0.1, -0.05) is 24.3 Å². The third-order valence-corrected chi connectivity index (χ3v) is 5.43. The van der Waals surface area contributed by atoms with E-state index in [0.717, 1.165) is 22.5 Å². The zero-order chi connectivity index (χ0) is 17.3. The van der Waals surface area contributed by atoms with Crippen LogP contribution in [0.4, 0.5) is 11.4 Å². The van der Waals surface area contributed by atoms with Crippen molar-refractivity contribution in [3.8, 4) is 0 Å². The van der Waals surface area contributed by atoms with Crippen LogP contribution in [0, 0.1) is 13.8 Å². The lowest BCUT2D eigenvalue weighted by Crippen LogP contribution is -2.28. The largest absolute Gasteiger partial charge is 0.326 e. The molecule has 2 aromatic carbocycles. The number of aryl methyl sites for hydroxylation is 1. The minimum atomic E-state index is -0.0924. The molecular formula is C19H20N2O2S. The summed E-state index contributed by atoms with van der Waals surface area (Å²) in [5.41, 5.74) is 5.10. The van der Waals surface area contributed by atoms with E-state index >= 15 is 0 Å². The van der Waals surface area contributed by atoms with E-state index in [1.54, 1.807) is 11.8 Å². The highest BCUT2D eigenvalue weighted by Crippen LogP contribution is 2.43. The highest BCUT2D eigenvalue weighted by molar-refractivity contribution is 8.00. The van der Waals surface area contributed by atoms with E-state index in [9.17, 15) is 9.59 Å². The highest BCUT2D eigenvalue weighted by atomic mass is 32.2. The maximum absolute atomic E-state index is 12.5. The summed E-state index contributed by atoms with van der Waals surface area (Å²) in [4.78, 5) is 25.5. The summed E-state index contributed by atoms with van der Waals surface area (Å²) >= 11 is 1.63. The summed E-state index contributed by atoms with van der Waals surface area (Å²) in [6, 6.07) is 13.8. The van der Waals surface area contributed by atoms with Crippen molar-refractivity contribution in [3.05, 3.63) is 59.2 Å². The first-order valence-corrected chi connectivity index (χ1v) is 8.89. The number of carbonyl (C=O) groups is 2. The Morgan fingerprint density at radius 1 is 1.17 bits per heavy atom. The minimum Gasteiger partial charge on any atom is -0.326 e. The number of anilines is 2. The molecule has 0 spiro atoms. The molecule has 2 amide bonds. The molecule has 1 aliphatic rings. The molecule has 124 valence electrons. The van der Waals surface area contributed by atoms with Crippen molar-refractivity contribution < 1.29 is 9.59 Å². The second kappa shape index (κ2) is 6.69. The molecule has 1 unspecified atom stereocenters. The number of amides is 2. The number of hydrogen-bond donors (Lipinski definition) is 1. The highest BCUT2D eigenvalue weighted by Gasteiger charge is 2.34. The predicted octanol–water partition coefficient (Wildman–Crippen LogP) is 4.04. The SMILES string of the molecule is CC(=O)Nc1ccc(C2SCC(=O)N2c2cccc(C)c2C)cc1. The molecule has 0 bridgehead atoms. The molecule has 2 aromatic rings. The number of thioether (sulfide) groups is 1. The zero-order valence-electron chi connectivity index (χ0n) is 14.0. The molecule has 4 nitrogen and oxygen atoms in total. The summed E-state index contributed by atoms with van der Waals surface area (Å²) in [6.45, 7) is 5.60. The topological polar surface area (TPSA) is 49.4 Å². The molecular weight excluding hydrogens is 320 g/mol. The summed E-state index contributed by atoms with van der Waals surface area (Å²) in [5, 5.41) is 2.73. The number of carbonyl (C=O) groups excluding carboxylic acids is 2. The van der Waals surface area contributed by atoms with Crippen LogP contribution in [0.15, 0.2) is 42.5 Å². The van der Waals surface area contributed by atoms with Crippen molar-refractivity contribution >= 4 is 35.0 Å². The summed E-state index contributed by atoms with van der Waals surface area (Å²) in [5.74, 6) is 0.515. The molecule has 0 aromatic heterocycles. The molecule has 1 N–H and O–H groups in total. The van der Waals surface area contributed by atoms with Gasteiger partial charge in [0.2, 0.25) is 11.8 Å². The average molecular weight is 340 g/mol. The summed E-state index contributed by atoms with van der Waals surface area (Å²) < 4.78 is 0. The monoisotopic (exact) mass is 340 g/mol. The smallest absolute Gasteiger partial charge is 0.238 e. The molecule has 24 heavy (non-hydrogen) atoms. The summed E-state index contributed by atoms with van der Waals surface area (Å²) in [6.07, 6.45) is 0. The fourth-order valence-corrected chi connectivity index (χ4v) is 4.03. The summed E-state index contributed by atoms with van der Waals surface area (Å²) in [7, 11) is 0. The number of benzene rings is 2. The van der Waals surface area contributed by atoms with E-state index in [1.807, 2.05) is 41.3 Å². The molecule has 1 heterocycles. The van der Waals surface area contributed by atoms with Crippen LogP contribution >= 0.6 is 11.8 Å². The number of nitrogens with one attached hydrogen (secondary N) is 1. The van der Waals surface area contributed by atoms with E-state index < -0.39 is 0 Å². The van der Waals surface area contributed by atoms with Crippen LogP contribution in [-0.4, -0.2) is 17.6 Å². The maximum Gasteiger partial charge on any atom is 0.238 e. The van der Waals surface area contributed by atoms with Crippen LogP contribution in [0.25, 0.3) is 0 Å². The van der Waals surface area contributed by atoms with Crippen LogP contribution in [-0.2, 0) is 9.59 Å². The van der Waals surface area contributed by atoms with E-state index in [2.05, 4.69) is 25.2 Å². The van der Waals surface area contributed by atoms with Gasteiger partial charge in [-0.05, 0) is 48.7 Å². The van der Waals surface area contributed by atoms with Gasteiger partial charge in [-0.25, -0.2) is 0 Å². The Morgan fingerprint density at radius 2 is 1.88 bits per heavy atom. The molecule has 0 aliphatic carbocycles. The van der Waals surface area contributed by atoms with Gasteiger partial charge in [-0.3, -0.25) is 14.5 Å². The first-order chi connectivity index (χ1) is 11.5. The Balaban J connectivity index is 1.93. The number of nitrogens with zero attached hydrogens (tertiary/aromatic N) is 1. The van der Waals surface area contributed by atoms with Crippen molar-refractivity contribution in [1.29, 1.82) is 0 Å². The second-order valence-corrected chi connectivity index (χ2v) is 7.02. The lowest BCUT2D eigenvalue weighted by Gasteiger charge is -2.26. The van der Waals surface area contributed by atoms with E-state index in [-0.39, 0.29) is 17.2 Å². The Labute approximate surface area is 146 Å². The molecule has 0 radical (unpaired) electrons. The lowest BCUT2D eigenvalue weighted by molar-refractivity contribution is -0.116. The van der Waals surface area contributed by atoms with E-state index in [1.165, 1.54) is 12.5 Å². The molecule has 1 aliphatic heterocycles. The Bertz CT molecular complexity index is 786. The third kappa shape index (κ3) is 3.17. The molecule has 1 saturated heterocycles. The standard InChI is InChI=1S/C19H20N2O2S/c1-12-5-4-6-17(13(12)2)21-18(23)11-24-19(21)15-7-9-16(10-8-15)20-14(3)22/h4-10,19H,11H2,1-3H3,(H,20,22). The Morgan fingerprint density at radius 3 is 2.54 bits per heavy atom. The van der Waals surface area contributed by atoms with Gasteiger partial charge in [-0.2, -0.15) is 0 Å². The normalized spacial score (nSPS) is 17.2. The van der Waals surface area contributed by atoms with Gasteiger partial charge in [0.1, 0.15) is 5.37 Å². The van der Waals surface area contributed by atoms with Crippen molar-refractivity contribution in [1.82, 2.24) is 0 Å². The predicted molar refractivity (Wildman–Crippen MR) is 99.3 cm³/mol. The van der Waals surface area contributed by atoms with Crippen molar-refractivity contribution in [3.63, 3.8) is 0 Å². The van der Waals surface area contributed by atoms with Gasteiger partial charge in [0, 0.05) is 18.3 Å². The van der Waals surface area contributed by atoms with Gasteiger partial charge in [0.15, 0.2) is 0 Å². The van der Waals surface area contributed by atoms with Crippen molar-refractivity contribution in [2.45, 2.75) is 26.1 Å². The molecule has 1 fully saturated rings. The fourth-order valence-electron chi connectivity index (χ4n) is 2.86. The van der Waals surface area contributed by atoms with Crippen molar-refractivity contribution in [2.24, 2.45) is 0 Å².